The maximum absolute atomic E-state index is 12.4. The molecule has 10 heteroatoms. The molecule has 3 N–H and O–H groups in total. The predicted molar refractivity (Wildman–Crippen MR) is 124 cm³/mol. The van der Waals surface area contributed by atoms with E-state index < -0.39 is 29.8 Å². The van der Waals surface area contributed by atoms with E-state index in [1.54, 1.807) is 20.8 Å². The molecule has 0 aliphatic heterocycles. The number of alkyl carbamates (subject to hydrolysis) is 1. The third-order valence-electron chi connectivity index (χ3n) is 5.44. The smallest absolute Gasteiger partial charge is 0.410 e. The molecule has 0 saturated heterocycles. The number of benzene rings is 1. The number of likely N-dealkylation sites (N-methyl/N-ethyl adjacent to an activating group) is 1. The van der Waals surface area contributed by atoms with Crippen LogP contribution in [0.15, 0.2) is 30.3 Å². The number of carboxylic acids is 1. The van der Waals surface area contributed by atoms with Gasteiger partial charge in [0.2, 0.25) is 5.91 Å². The molecule has 1 aliphatic carbocycles. The number of nitrogens with zero attached hydrogens (tertiary/aromatic N) is 1. The molecule has 0 spiro atoms. The van der Waals surface area contributed by atoms with Gasteiger partial charge in [-0.05, 0) is 57.9 Å². The van der Waals surface area contributed by atoms with Crippen molar-refractivity contribution in [2.24, 2.45) is 5.92 Å². The highest BCUT2D eigenvalue weighted by atomic mass is 16.6. The third kappa shape index (κ3) is 9.29. The maximum Gasteiger partial charge on any atom is 0.410 e. The Balaban J connectivity index is 1.75. The molecule has 34 heavy (non-hydrogen) atoms. The molecule has 3 amide bonds. The molecule has 188 valence electrons. The molecule has 0 heterocycles. The zero-order valence-corrected chi connectivity index (χ0v) is 20.2. The molecule has 0 unspecified atom stereocenters. The molecule has 1 fully saturated rings. The average molecular weight is 478 g/mol. The van der Waals surface area contributed by atoms with E-state index in [0.717, 1.165) is 5.56 Å². The molecule has 0 radical (unpaired) electrons. The van der Waals surface area contributed by atoms with Gasteiger partial charge >= 0.3 is 18.2 Å². The lowest BCUT2D eigenvalue weighted by Crippen LogP contribution is -2.50. The van der Waals surface area contributed by atoms with Crippen LogP contribution in [0.25, 0.3) is 0 Å². The predicted octanol–water partition coefficient (Wildman–Crippen LogP) is 2.91. The molecule has 1 saturated carbocycles. The summed E-state index contributed by atoms with van der Waals surface area (Å²) in [5.74, 6) is -1.70. The number of rotatable bonds is 8. The Morgan fingerprint density at radius 3 is 2.26 bits per heavy atom. The van der Waals surface area contributed by atoms with E-state index >= 15 is 0 Å². The van der Waals surface area contributed by atoms with E-state index in [9.17, 15) is 24.3 Å². The van der Waals surface area contributed by atoms with Crippen LogP contribution in [0.3, 0.4) is 0 Å². The van der Waals surface area contributed by atoms with Crippen molar-refractivity contribution in [1.29, 1.82) is 0 Å². The van der Waals surface area contributed by atoms with E-state index in [0.29, 0.717) is 25.7 Å². The number of hydrogen-bond donors (Lipinski definition) is 3. The molecule has 0 bridgehead atoms. The first kappa shape index (κ1) is 26.9. The Bertz CT molecular complexity index is 846. The summed E-state index contributed by atoms with van der Waals surface area (Å²) in [6.45, 7) is 5.09. The summed E-state index contributed by atoms with van der Waals surface area (Å²) in [4.78, 5) is 49.4. The van der Waals surface area contributed by atoms with Crippen molar-refractivity contribution in [2.75, 3.05) is 13.6 Å². The van der Waals surface area contributed by atoms with Crippen molar-refractivity contribution >= 4 is 24.1 Å². The standard InChI is InChI=1S/C24H35N3O7/c1-24(2,3)34-22(31)26-20(21(29)30)17-10-12-18(13-11-17)25-19(28)14-27(4)23(32)33-15-16-8-6-5-7-9-16/h5-9,17-18,20H,10-15H2,1-4H3,(H,25,28)(H,26,31)(H,29,30)/t17?,18?,20-/m0/s1. The van der Waals surface area contributed by atoms with Crippen LogP contribution in [0, 0.1) is 5.92 Å². The highest BCUT2D eigenvalue weighted by molar-refractivity contribution is 5.82. The Morgan fingerprint density at radius 1 is 1.09 bits per heavy atom. The van der Waals surface area contributed by atoms with Crippen molar-refractivity contribution < 1.29 is 33.8 Å². The Morgan fingerprint density at radius 2 is 1.71 bits per heavy atom. The van der Waals surface area contributed by atoms with E-state index in [2.05, 4.69) is 10.6 Å². The monoisotopic (exact) mass is 477 g/mol. The van der Waals surface area contributed by atoms with Crippen LogP contribution in [0.1, 0.15) is 52.0 Å². The van der Waals surface area contributed by atoms with Crippen LogP contribution >= 0.6 is 0 Å². The maximum atomic E-state index is 12.4. The zero-order valence-electron chi connectivity index (χ0n) is 20.2. The zero-order chi connectivity index (χ0) is 25.3. The highest BCUT2D eigenvalue weighted by Crippen LogP contribution is 2.27. The number of aliphatic carboxylic acids is 1. The van der Waals surface area contributed by atoms with Gasteiger partial charge in [-0.3, -0.25) is 4.79 Å². The second-order valence-corrected chi connectivity index (χ2v) is 9.54. The number of carbonyl (C=O) groups excluding carboxylic acids is 3. The first-order valence-electron chi connectivity index (χ1n) is 11.4. The number of ether oxygens (including phenoxy) is 2. The Hall–Kier alpha value is -3.30. The Kier molecular flexibility index (Phi) is 9.70. The number of hydrogen-bond acceptors (Lipinski definition) is 6. The minimum absolute atomic E-state index is 0.123. The summed E-state index contributed by atoms with van der Waals surface area (Å²) in [6, 6.07) is 8.06. The molecule has 1 aromatic carbocycles. The van der Waals surface area contributed by atoms with Gasteiger partial charge < -0.3 is 30.1 Å². The van der Waals surface area contributed by atoms with Gasteiger partial charge in [-0.2, -0.15) is 0 Å². The fraction of sp³-hybridized carbons (Fsp3) is 0.583. The number of carbonyl (C=O) groups is 4. The summed E-state index contributed by atoms with van der Waals surface area (Å²) >= 11 is 0. The fourth-order valence-corrected chi connectivity index (χ4v) is 3.80. The summed E-state index contributed by atoms with van der Waals surface area (Å²) in [5, 5.41) is 14.9. The second kappa shape index (κ2) is 12.2. The van der Waals surface area contributed by atoms with Gasteiger partial charge in [0.1, 0.15) is 24.8 Å². The molecule has 1 aliphatic rings. The minimum atomic E-state index is -1.12. The quantitative estimate of drug-likeness (QED) is 0.524. The molecule has 1 aromatic rings. The largest absolute Gasteiger partial charge is 0.480 e. The van der Waals surface area contributed by atoms with Crippen molar-refractivity contribution in [2.45, 2.75) is 70.7 Å². The van der Waals surface area contributed by atoms with Crippen LogP contribution in [-0.4, -0.2) is 65.3 Å². The van der Waals surface area contributed by atoms with E-state index in [4.69, 9.17) is 9.47 Å². The SMILES string of the molecule is CN(CC(=O)NC1CCC([C@H](NC(=O)OC(C)(C)C)C(=O)O)CC1)C(=O)OCc1ccccc1. The van der Waals surface area contributed by atoms with Crippen LogP contribution < -0.4 is 10.6 Å². The normalized spacial score (nSPS) is 18.8. The lowest BCUT2D eigenvalue weighted by atomic mass is 9.81. The van der Waals surface area contributed by atoms with E-state index in [-0.39, 0.29) is 31.0 Å². The van der Waals surface area contributed by atoms with Crippen LogP contribution in [-0.2, 0) is 25.7 Å². The minimum Gasteiger partial charge on any atom is -0.480 e. The summed E-state index contributed by atoms with van der Waals surface area (Å²) < 4.78 is 10.4. The van der Waals surface area contributed by atoms with Gasteiger partial charge in [-0.25, -0.2) is 14.4 Å². The molecule has 10 nitrogen and oxygen atoms in total. The number of amides is 3. The molecule has 2 rings (SSSR count). The van der Waals surface area contributed by atoms with Crippen molar-refractivity contribution in [1.82, 2.24) is 15.5 Å². The highest BCUT2D eigenvalue weighted by Gasteiger charge is 2.34. The van der Waals surface area contributed by atoms with Gasteiger partial charge in [0.05, 0.1) is 0 Å². The van der Waals surface area contributed by atoms with Crippen LogP contribution in [0.4, 0.5) is 9.59 Å². The summed E-state index contributed by atoms with van der Waals surface area (Å²) in [7, 11) is 1.49. The first-order valence-corrected chi connectivity index (χ1v) is 11.4. The molecule has 0 aromatic heterocycles. The fourth-order valence-electron chi connectivity index (χ4n) is 3.80. The molecule has 1 atom stereocenters. The molecular formula is C24H35N3O7. The van der Waals surface area contributed by atoms with Gasteiger partial charge in [0.15, 0.2) is 0 Å². The Labute approximate surface area is 200 Å². The van der Waals surface area contributed by atoms with E-state index in [1.807, 2.05) is 30.3 Å². The topological polar surface area (TPSA) is 134 Å². The average Bonchev–Trinajstić information content (AvgIpc) is 2.75. The molecular weight excluding hydrogens is 442 g/mol. The number of carboxylic acid groups (broad SMARTS) is 1. The van der Waals surface area contributed by atoms with Gasteiger partial charge in [-0.15, -0.1) is 0 Å². The lowest BCUT2D eigenvalue weighted by Gasteiger charge is -2.33. The van der Waals surface area contributed by atoms with Crippen LogP contribution in [0.2, 0.25) is 0 Å². The van der Waals surface area contributed by atoms with E-state index in [1.165, 1.54) is 11.9 Å². The number of nitrogens with one attached hydrogen (secondary N) is 2. The van der Waals surface area contributed by atoms with Gasteiger partial charge in [0.25, 0.3) is 0 Å². The van der Waals surface area contributed by atoms with Gasteiger partial charge in [-0.1, -0.05) is 30.3 Å². The second-order valence-electron chi connectivity index (χ2n) is 9.54. The first-order chi connectivity index (χ1) is 15.9. The van der Waals surface area contributed by atoms with Crippen LogP contribution in [0.5, 0.6) is 0 Å². The summed E-state index contributed by atoms with van der Waals surface area (Å²) in [5.41, 5.74) is 0.127. The van der Waals surface area contributed by atoms with Crippen molar-refractivity contribution in [3.05, 3.63) is 35.9 Å². The van der Waals surface area contributed by atoms with Crippen molar-refractivity contribution in [3.63, 3.8) is 0 Å². The lowest BCUT2D eigenvalue weighted by molar-refractivity contribution is -0.141. The van der Waals surface area contributed by atoms with Crippen molar-refractivity contribution in [3.8, 4) is 0 Å². The van der Waals surface area contributed by atoms with Gasteiger partial charge in [0, 0.05) is 13.1 Å². The summed E-state index contributed by atoms with van der Waals surface area (Å²) in [6.07, 6.45) is 0.813. The third-order valence-corrected chi connectivity index (χ3v) is 5.44.